The fourth-order valence-corrected chi connectivity index (χ4v) is 6.09. The van der Waals surface area contributed by atoms with Gasteiger partial charge in [-0.3, -0.25) is 4.79 Å². The van der Waals surface area contributed by atoms with E-state index in [1.807, 2.05) is 60.7 Å². The number of rotatable bonds is 15. The molecular weight excluding hydrogens is 472 g/mol. The van der Waals surface area contributed by atoms with Crippen LogP contribution in [0.1, 0.15) is 24.5 Å². The maximum Gasteiger partial charge on any atom is 0.328 e. The van der Waals surface area contributed by atoms with Gasteiger partial charge in [0.25, 0.3) is 0 Å². The highest BCUT2D eigenvalue weighted by Crippen LogP contribution is 2.27. The summed E-state index contributed by atoms with van der Waals surface area (Å²) in [4.78, 5) is 25.4. The van der Waals surface area contributed by atoms with Crippen LogP contribution in [-0.2, 0) is 27.4 Å². The standard InChI is InChI=1S/C25H34N2O3S3/c1-19(25(29)30-16-21-11-7-4-8-12-21)27-24(28)22(15-20-9-5-3-6-10-20)17-32-33-18-23(26)13-14-31-2/h3-12,19,22-23H,13-18,26H2,1-2H3,(H,27,28). The van der Waals surface area contributed by atoms with Gasteiger partial charge in [0, 0.05) is 17.5 Å². The molecule has 0 saturated heterocycles. The molecular formula is C25H34N2O3S3. The molecule has 0 fully saturated rings. The Labute approximate surface area is 209 Å². The lowest BCUT2D eigenvalue weighted by Gasteiger charge is -2.20. The predicted molar refractivity (Wildman–Crippen MR) is 143 cm³/mol. The van der Waals surface area contributed by atoms with Gasteiger partial charge in [-0.2, -0.15) is 11.8 Å². The van der Waals surface area contributed by atoms with E-state index in [-0.39, 0.29) is 24.5 Å². The number of thioether (sulfide) groups is 1. The lowest BCUT2D eigenvalue weighted by atomic mass is 10.00. The highest BCUT2D eigenvalue weighted by atomic mass is 33.1. The molecule has 0 aliphatic rings. The third-order valence-electron chi connectivity index (χ3n) is 4.96. The zero-order valence-corrected chi connectivity index (χ0v) is 21.7. The van der Waals surface area contributed by atoms with Gasteiger partial charge in [0.1, 0.15) is 12.6 Å². The summed E-state index contributed by atoms with van der Waals surface area (Å²) < 4.78 is 5.37. The Morgan fingerprint density at radius 3 is 2.21 bits per heavy atom. The molecule has 3 unspecified atom stereocenters. The summed E-state index contributed by atoms with van der Waals surface area (Å²) in [5.41, 5.74) is 8.16. The third-order valence-corrected chi connectivity index (χ3v) is 8.19. The largest absolute Gasteiger partial charge is 0.459 e. The lowest BCUT2D eigenvalue weighted by molar-refractivity contribution is -0.148. The molecule has 0 bridgehead atoms. The van der Waals surface area contributed by atoms with Crippen LogP contribution in [0.25, 0.3) is 0 Å². The van der Waals surface area contributed by atoms with Crippen molar-refractivity contribution in [3.8, 4) is 0 Å². The van der Waals surface area contributed by atoms with Crippen LogP contribution in [0.5, 0.6) is 0 Å². The van der Waals surface area contributed by atoms with Gasteiger partial charge in [-0.15, -0.1) is 0 Å². The molecule has 1 amide bonds. The monoisotopic (exact) mass is 506 g/mol. The molecule has 3 N–H and O–H groups in total. The smallest absolute Gasteiger partial charge is 0.328 e. The van der Waals surface area contributed by atoms with E-state index in [4.69, 9.17) is 10.5 Å². The number of esters is 1. The van der Waals surface area contributed by atoms with E-state index < -0.39 is 12.0 Å². The number of nitrogens with two attached hydrogens (primary N) is 1. The average Bonchev–Trinajstić information content (AvgIpc) is 2.84. The SMILES string of the molecule is CSCCC(N)CSSCC(Cc1ccccc1)C(=O)NC(C)C(=O)OCc1ccccc1. The van der Waals surface area contributed by atoms with Crippen molar-refractivity contribution in [1.29, 1.82) is 0 Å². The summed E-state index contributed by atoms with van der Waals surface area (Å²) >= 11 is 1.80. The number of amides is 1. The lowest BCUT2D eigenvalue weighted by Crippen LogP contribution is -2.43. The van der Waals surface area contributed by atoms with E-state index in [2.05, 4.69) is 11.6 Å². The Morgan fingerprint density at radius 1 is 0.970 bits per heavy atom. The number of carbonyl (C=O) groups excluding carboxylic acids is 2. The summed E-state index contributed by atoms with van der Waals surface area (Å²) in [5.74, 6) is 1.73. The van der Waals surface area contributed by atoms with Gasteiger partial charge < -0.3 is 15.8 Å². The molecule has 2 aromatic rings. The average molecular weight is 507 g/mol. The number of ether oxygens (including phenoxy) is 1. The second-order valence-electron chi connectivity index (χ2n) is 7.82. The van der Waals surface area contributed by atoms with Crippen molar-refractivity contribution in [1.82, 2.24) is 5.32 Å². The first kappa shape index (κ1) is 27.6. The summed E-state index contributed by atoms with van der Waals surface area (Å²) in [7, 11) is 3.38. The Balaban J connectivity index is 1.86. The van der Waals surface area contributed by atoms with E-state index in [0.29, 0.717) is 12.2 Å². The molecule has 8 heteroatoms. The second-order valence-corrected chi connectivity index (χ2v) is 11.4. The Kier molecular flexibility index (Phi) is 13.5. The zero-order valence-electron chi connectivity index (χ0n) is 19.3. The first-order chi connectivity index (χ1) is 16.0. The van der Waals surface area contributed by atoms with Crippen LogP contribution >= 0.6 is 33.3 Å². The third kappa shape index (κ3) is 11.4. The minimum absolute atomic E-state index is 0.136. The van der Waals surface area contributed by atoms with E-state index in [1.165, 1.54) is 0 Å². The van der Waals surface area contributed by atoms with Crippen LogP contribution in [0.3, 0.4) is 0 Å². The number of nitrogens with one attached hydrogen (secondary N) is 1. The summed E-state index contributed by atoms with van der Waals surface area (Å²) in [5, 5.41) is 2.85. The minimum Gasteiger partial charge on any atom is -0.459 e. The molecule has 0 spiro atoms. The molecule has 0 saturated carbocycles. The van der Waals surface area contributed by atoms with Crippen LogP contribution < -0.4 is 11.1 Å². The minimum atomic E-state index is -0.711. The normalized spacial score (nSPS) is 13.7. The van der Waals surface area contributed by atoms with E-state index >= 15 is 0 Å². The number of carbonyl (C=O) groups is 2. The van der Waals surface area contributed by atoms with Gasteiger partial charge in [-0.1, -0.05) is 82.3 Å². The van der Waals surface area contributed by atoms with E-state index in [0.717, 1.165) is 29.1 Å². The topological polar surface area (TPSA) is 81.4 Å². The maximum atomic E-state index is 13.0. The van der Waals surface area contributed by atoms with Crippen LogP contribution in [0.4, 0.5) is 0 Å². The summed E-state index contributed by atoms with van der Waals surface area (Å²) in [6.45, 7) is 1.86. The molecule has 0 aromatic heterocycles. The van der Waals surface area contributed by atoms with Gasteiger partial charge in [0.15, 0.2) is 0 Å². The fraction of sp³-hybridized carbons (Fsp3) is 0.440. The van der Waals surface area contributed by atoms with E-state index in [9.17, 15) is 9.59 Å². The van der Waals surface area contributed by atoms with Gasteiger partial charge in [-0.25, -0.2) is 4.79 Å². The maximum absolute atomic E-state index is 13.0. The molecule has 3 atom stereocenters. The first-order valence-corrected chi connectivity index (χ1v) is 14.9. The first-order valence-electron chi connectivity index (χ1n) is 11.0. The van der Waals surface area contributed by atoms with Crippen LogP contribution in [0.2, 0.25) is 0 Å². The fourth-order valence-electron chi connectivity index (χ4n) is 2.99. The molecule has 0 aliphatic carbocycles. The second kappa shape index (κ2) is 16.1. The number of hydrogen-bond acceptors (Lipinski definition) is 7. The predicted octanol–water partition coefficient (Wildman–Crippen LogP) is 4.56. The Morgan fingerprint density at radius 2 is 1.58 bits per heavy atom. The molecule has 0 heterocycles. The molecule has 2 rings (SSSR count). The van der Waals surface area contributed by atoms with Gasteiger partial charge in [-0.05, 0) is 42.9 Å². The van der Waals surface area contributed by atoms with Gasteiger partial charge in [0.2, 0.25) is 5.91 Å². The molecule has 0 aliphatic heterocycles. The molecule has 180 valence electrons. The van der Waals surface area contributed by atoms with Crippen molar-refractivity contribution in [2.24, 2.45) is 11.7 Å². The van der Waals surface area contributed by atoms with Crippen molar-refractivity contribution in [3.05, 3.63) is 71.8 Å². The van der Waals surface area contributed by atoms with Gasteiger partial charge >= 0.3 is 5.97 Å². The van der Waals surface area contributed by atoms with E-state index in [1.54, 1.807) is 40.3 Å². The Bertz CT molecular complexity index is 824. The number of benzene rings is 2. The van der Waals surface area contributed by atoms with Crippen molar-refractivity contribution in [2.75, 3.05) is 23.5 Å². The van der Waals surface area contributed by atoms with Crippen molar-refractivity contribution < 1.29 is 14.3 Å². The van der Waals surface area contributed by atoms with Crippen molar-refractivity contribution >= 4 is 45.2 Å². The molecule has 0 radical (unpaired) electrons. The van der Waals surface area contributed by atoms with Crippen LogP contribution in [0.15, 0.2) is 60.7 Å². The van der Waals surface area contributed by atoms with Crippen molar-refractivity contribution in [2.45, 2.75) is 38.5 Å². The number of hydrogen-bond donors (Lipinski definition) is 2. The quantitative estimate of drug-likeness (QED) is 0.208. The zero-order chi connectivity index (χ0) is 23.9. The van der Waals surface area contributed by atoms with Crippen LogP contribution in [-0.4, -0.2) is 47.5 Å². The molecule has 5 nitrogen and oxygen atoms in total. The molecule has 33 heavy (non-hydrogen) atoms. The van der Waals surface area contributed by atoms with Crippen molar-refractivity contribution in [3.63, 3.8) is 0 Å². The Hall–Kier alpha value is -1.61. The molecule has 2 aromatic carbocycles. The summed E-state index contributed by atoms with van der Waals surface area (Å²) in [6, 6.07) is 18.9. The van der Waals surface area contributed by atoms with Gasteiger partial charge in [0.05, 0.1) is 5.92 Å². The highest BCUT2D eigenvalue weighted by Gasteiger charge is 2.24. The summed E-state index contributed by atoms with van der Waals surface area (Å²) in [6.07, 6.45) is 3.69. The van der Waals surface area contributed by atoms with Crippen LogP contribution in [0, 0.1) is 5.92 Å². The highest BCUT2D eigenvalue weighted by molar-refractivity contribution is 8.76.